The lowest BCUT2D eigenvalue weighted by Crippen LogP contribution is -2.56. The second kappa shape index (κ2) is 11.0. The summed E-state index contributed by atoms with van der Waals surface area (Å²) in [7, 11) is 0. The molecule has 2 aliphatic heterocycles. The maximum Gasteiger partial charge on any atom is 0.181 e. The number of ether oxygens (including phenoxy) is 1. The number of benzene rings is 1. The topological polar surface area (TPSA) is 138 Å². The molecule has 2 aliphatic rings. The van der Waals surface area contributed by atoms with Gasteiger partial charge in [-0.3, -0.25) is 20.0 Å². The van der Waals surface area contributed by atoms with Crippen molar-refractivity contribution in [1.82, 2.24) is 40.0 Å². The van der Waals surface area contributed by atoms with E-state index in [1.165, 1.54) is 25.0 Å². The van der Waals surface area contributed by atoms with Crippen molar-refractivity contribution in [2.45, 2.75) is 18.9 Å². The molecule has 12 heteroatoms. The van der Waals surface area contributed by atoms with E-state index in [1.807, 2.05) is 18.2 Å². The summed E-state index contributed by atoms with van der Waals surface area (Å²) >= 11 is 0. The molecule has 0 amide bonds. The second-order valence-corrected chi connectivity index (χ2v) is 11.5. The highest BCUT2D eigenvalue weighted by atomic mass is 19.1. The standard InChI is InChI=1S/C32H31FN10O/c33-21-7-19(8-23(10-21)44-6-5-42-3-1-2-4-42)26-13-35-15-29-24(26)11-27(38-29)31-25-9-20(12-37-32(25)41-40-31)28-14-36-16-30(39-28)43-17-22(34)18-43/h7-16,22,38H,1-6,17-18,34H2,(H,37,40,41). The summed E-state index contributed by atoms with van der Waals surface area (Å²) in [6.07, 6.45) is 11.2. The highest BCUT2D eigenvalue weighted by Crippen LogP contribution is 2.35. The molecule has 6 aromatic rings. The Bertz CT molecular complexity index is 1980. The molecule has 2 saturated heterocycles. The van der Waals surface area contributed by atoms with Gasteiger partial charge in [0.25, 0.3) is 0 Å². The van der Waals surface area contributed by atoms with E-state index in [0.717, 1.165) is 83.0 Å². The minimum absolute atomic E-state index is 0.167. The number of aromatic nitrogens is 7. The molecule has 11 nitrogen and oxygen atoms in total. The van der Waals surface area contributed by atoms with Crippen molar-refractivity contribution < 1.29 is 9.13 Å². The van der Waals surface area contributed by atoms with Gasteiger partial charge in [0.15, 0.2) is 5.65 Å². The molecular weight excluding hydrogens is 559 g/mol. The Balaban J connectivity index is 1.11. The molecule has 0 unspecified atom stereocenters. The van der Waals surface area contributed by atoms with E-state index < -0.39 is 0 Å². The monoisotopic (exact) mass is 590 g/mol. The van der Waals surface area contributed by atoms with E-state index in [2.05, 4.69) is 39.9 Å². The van der Waals surface area contributed by atoms with Gasteiger partial charge in [0.1, 0.15) is 24.0 Å². The molecular formula is C32H31FN10O. The van der Waals surface area contributed by atoms with E-state index in [0.29, 0.717) is 23.6 Å². The van der Waals surface area contributed by atoms with Crippen molar-refractivity contribution in [3.63, 3.8) is 0 Å². The normalized spacial score (nSPS) is 15.8. The fraction of sp³-hybridized carbons (Fsp3) is 0.281. The molecule has 0 saturated carbocycles. The van der Waals surface area contributed by atoms with Crippen molar-refractivity contribution in [2.24, 2.45) is 5.73 Å². The SMILES string of the molecule is NC1CN(c2cncc(-c3cnc4n[nH]c(-c5cc6c(-c7cc(F)cc(OCCN8CCCC8)c7)cncc6[nH]5)c4c3)n2)C1. The first-order valence-electron chi connectivity index (χ1n) is 14.9. The van der Waals surface area contributed by atoms with Crippen LogP contribution >= 0.6 is 0 Å². The molecule has 8 rings (SSSR count). The third-order valence-corrected chi connectivity index (χ3v) is 8.43. The summed E-state index contributed by atoms with van der Waals surface area (Å²) in [5, 5.41) is 9.32. The second-order valence-electron chi connectivity index (χ2n) is 11.5. The van der Waals surface area contributed by atoms with E-state index in [1.54, 1.807) is 31.0 Å². The molecule has 0 radical (unpaired) electrons. The van der Waals surface area contributed by atoms with Crippen molar-refractivity contribution in [1.29, 1.82) is 0 Å². The number of aromatic amines is 2. The average Bonchev–Trinajstić information content (AvgIpc) is 3.78. The average molecular weight is 591 g/mol. The molecule has 4 N–H and O–H groups in total. The van der Waals surface area contributed by atoms with Gasteiger partial charge in [0, 0.05) is 66.0 Å². The molecule has 7 heterocycles. The Kier molecular flexibility index (Phi) is 6.64. The Labute approximate surface area is 252 Å². The van der Waals surface area contributed by atoms with Gasteiger partial charge < -0.3 is 20.4 Å². The van der Waals surface area contributed by atoms with Gasteiger partial charge in [-0.1, -0.05) is 0 Å². The van der Waals surface area contributed by atoms with Crippen LogP contribution in [0.25, 0.3) is 55.7 Å². The lowest BCUT2D eigenvalue weighted by Gasteiger charge is -2.37. The first kappa shape index (κ1) is 26.7. The van der Waals surface area contributed by atoms with E-state index >= 15 is 0 Å². The lowest BCUT2D eigenvalue weighted by atomic mass is 10.0. The fourth-order valence-corrected chi connectivity index (χ4v) is 6.11. The summed E-state index contributed by atoms with van der Waals surface area (Å²) in [4.78, 5) is 26.2. The first-order chi connectivity index (χ1) is 21.6. The molecule has 0 aliphatic carbocycles. The molecule has 44 heavy (non-hydrogen) atoms. The highest BCUT2D eigenvalue weighted by molar-refractivity contribution is 6.00. The van der Waals surface area contributed by atoms with Crippen LogP contribution in [-0.2, 0) is 0 Å². The largest absolute Gasteiger partial charge is 0.492 e. The highest BCUT2D eigenvalue weighted by Gasteiger charge is 2.25. The lowest BCUT2D eigenvalue weighted by molar-refractivity contribution is 0.237. The zero-order valence-electron chi connectivity index (χ0n) is 24.0. The number of hydrogen-bond acceptors (Lipinski definition) is 9. The number of pyridine rings is 2. The number of hydrogen-bond donors (Lipinski definition) is 3. The van der Waals surface area contributed by atoms with Crippen LogP contribution in [0.2, 0.25) is 0 Å². The Morgan fingerprint density at radius 3 is 2.66 bits per heavy atom. The van der Waals surface area contributed by atoms with Crippen LogP contribution in [0.15, 0.2) is 61.3 Å². The van der Waals surface area contributed by atoms with Crippen LogP contribution in [0.5, 0.6) is 5.75 Å². The third kappa shape index (κ3) is 5.01. The number of nitrogens with two attached hydrogens (primary N) is 1. The Morgan fingerprint density at radius 2 is 1.80 bits per heavy atom. The number of H-pyrrole nitrogens is 2. The number of likely N-dealkylation sites (tertiary alicyclic amines) is 1. The maximum absolute atomic E-state index is 14.8. The molecule has 5 aromatic heterocycles. The van der Waals surface area contributed by atoms with Gasteiger partial charge in [0.2, 0.25) is 0 Å². The molecule has 0 bridgehead atoms. The molecule has 0 atom stereocenters. The first-order valence-corrected chi connectivity index (χ1v) is 14.9. The fourth-order valence-electron chi connectivity index (χ4n) is 6.11. The van der Waals surface area contributed by atoms with Gasteiger partial charge in [0.05, 0.1) is 41.2 Å². The molecule has 222 valence electrons. The van der Waals surface area contributed by atoms with Crippen molar-refractivity contribution in [2.75, 3.05) is 44.2 Å². The maximum atomic E-state index is 14.8. The smallest absolute Gasteiger partial charge is 0.181 e. The summed E-state index contributed by atoms with van der Waals surface area (Å²) in [6.45, 7) is 5.08. The van der Waals surface area contributed by atoms with Gasteiger partial charge in [-0.2, -0.15) is 5.10 Å². The summed E-state index contributed by atoms with van der Waals surface area (Å²) < 4.78 is 20.7. The minimum atomic E-state index is -0.353. The summed E-state index contributed by atoms with van der Waals surface area (Å²) in [5.41, 5.74) is 12.0. The van der Waals surface area contributed by atoms with E-state index in [4.69, 9.17) is 15.5 Å². The number of fused-ring (bicyclic) bond motifs is 2. The number of nitrogens with one attached hydrogen (secondary N) is 2. The van der Waals surface area contributed by atoms with Crippen molar-refractivity contribution >= 4 is 27.8 Å². The molecule has 0 spiro atoms. The predicted molar refractivity (Wildman–Crippen MR) is 167 cm³/mol. The Morgan fingerprint density at radius 1 is 0.932 bits per heavy atom. The number of nitrogens with zero attached hydrogens (tertiary/aromatic N) is 7. The van der Waals surface area contributed by atoms with Crippen molar-refractivity contribution in [3.05, 3.63) is 67.1 Å². The van der Waals surface area contributed by atoms with Crippen LogP contribution < -0.4 is 15.4 Å². The van der Waals surface area contributed by atoms with Gasteiger partial charge in [-0.25, -0.2) is 14.4 Å². The van der Waals surface area contributed by atoms with Gasteiger partial charge in [-0.15, -0.1) is 0 Å². The van der Waals surface area contributed by atoms with E-state index in [-0.39, 0.29) is 11.9 Å². The summed E-state index contributed by atoms with van der Waals surface area (Å²) in [6, 6.07) is 9.03. The summed E-state index contributed by atoms with van der Waals surface area (Å²) in [5.74, 6) is 0.952. The minimum Gasteiger partial charge on any atom is -0.492 e. The van der Waals surface area contributed by atoms with Crippen molar-refractivity contribution in [3.8, 4) is 39.5 Å². The Hall–Kier alpha value is -4.94. The number of rotatable bonds is 8. The van der Waals surface area contributed by atoms with Crippen LogP contribution in [0.4, 0.5) is 10.2 Å². The number of anilines is 1. The van der Waals surface area contributed by atoms with Gasteiger partial charge >= 0.3 is 0 Å². The van der Waals surface area contributed by atoms with E-state index in [9.17, 15) is 4.39 Å². The zero-order valence-corrected chi connectivity index (χ0v) is 24.0. The van der Waals surface area contributed by atoms with Crippen LogP contribution in [0.1, 0.15) is 12.8 Å². The van der Waals surface area contributed by atoms with Crippen LogP contribution in [0, 0.1) is 5.82 Å². The quantitative estimate of drug-likeness (QED) is 0.236. The molecule has 1 aromatic carbocycles. The zero-order chi connectivity index (χ0) is 29.6. The number of halogens is 1. The van der Waals surface area contributed by atoms with Gasteiger partial charge in [-0.05, 0) is 55.8 Å². The third-order valence-electron chi connectivity index (χ3n) is 8.43. The van der Waals surface area contributed by atoms with Crippen LogP contribution in [-0.4, -0.2) is 85.4 Å². The predicted octanol–water partition coefficient (Wildman–Crippen LogP) is 4.39. The molecule has 2 fully saturated rings. The van der Waals surface area contributed by atoms with Crippen LogP contribution in [0.3, 0.4) is 0 Å².